The molecule has 0 fully saturated rings. The average molecular weight is 312 g/mol. The third-order valence-electron chi connectivity index (χ3n) is 4.73. The number of carbonyl (C=O) groups is 2. The Labute approximate surface area is 133 Å². The number of hydrogen-bond donors (Lipinski definition) is 1. The van der Waals surface area contributed by atoms with Gasteiger partial charge in [-0.15, -0.1) is 0 Å². The number of Topliss-reactive ketones (excluding diaryl/α,β-unsaturated/α-hetero) is 2. The molecule has 0 radical (unpaired) electrons. The molecule has 1 atom stereocenters. The minimum absolute atomic E-state index is 0.197. The van der Waals surface area contributed by atoms with Gasteiger partial charge in [0.2, 0.25) is 11.6 Å². The van der Waals surface area contributed by atoms with Crippen molar-refractivity contribution in [1.82, 2.24) is 0 Å². The SMILES string of the molecule is CC1=C2OC(C)(C)c3cc4c(c(c32)C(=O)C1=O)[C@@](C)(O)C=CO4. The van der Waals surface area contributed by atoms with Gasteiger partial charge < -0.3 is 14.6 Å². The van der Waals surface area contributed by atoms with E-state index in [4.69, 9.17) is 9.47 Å². The van der Waals surface area contributed by atoms with Gasteiger partial charge in [-0.2, -0.15) is 0 Å². The summed E-state index contributed by atoms with van der Waals surface area (Å²) in [6, 6.07) is 1.79. The summed E-state index contributed by atoms with van der Waals surface area (Å²) < 4.78 is 11.5. The smallest absolute Gasteiger partial charge is 0.234 e. The van der Waals surface area contributed by atoms with E-state index in [2.05, 4.69) is 0 Å². The molecule has 0 spiro atoms. The van der Waals surface area contributed by atoms with Gasteiger partial charge in [0.15, 0.2) is 0 Å². The number of benzene rings is 1. The second kappa shape index (κ2) is 3.92. The van der Waals surface area contributed by atoms with E-state index in [1.165, 1.54) is 12.3 Å². The van der Waals surface area contributed by atoms with Gasteiger partial charge in [-0.05, 0) is 39.8 Å². The van der Waals surface area contributed by atoms with Crippen molar-refractivity contribution in [2.24, 2.45) is 0 Å². The molecule has 1 aromatic carbocycles. The maximum Gasteiger partial charge on any atom is 0.234 e. The molecule has 118 valence electrons. The molecule has 0 saturated heterocycles. The number of allylic oxidation sites excluding steroid dienone is 1. The zero-order chi connectivity index (χ0) is 16.7. The minimum atomic E-state index is -1.39. The molecule has 1 aliphatic carbocycles. The molecule has 23 heavy (non-hydrogen) atoms. The predicted octanol–water partition coefficient (Wildman–Crippen LogP) is 2.56. The van der Waals surface area contributed by atoms with E-state index in [-0.39, 0.29) is 5.56 Å². The van der Waals surface area contributed by atoms with Crippen LogP contribution in [-0.4, -0.2) is 16.7 Å². The summed E-state index contributed by atoms with van der Waals surface area (Å²) in [4.78, 5) is 25.1. The molecule has 0 saturated carbocycles. The van der Waals surface area contributed by atoms with Crippen molar-refractivity contribution in [3.63, 3.8) is 0 Å². The van der Waals surface area contributed by atoms with Crippen molar-refractivity contribution < 1.29 is 24.2 Å². The first-order valence-corrected chi connectivity index (χ1v) is 7.43. The van der Waals surface area contributed by atoms with E-state index < -0.39 is 22.8 Å². The molecule has 5 heteroatoms. The van der Waals surface area contributed by atoms with Crippen LogP contribution >= 0.6 is 0 Å². The second-order valence-electron chi connectivity index (χ2n) is 6.84. The monoisotopic (exact) mass is 312 g/mol. The zero-order valence-corrected chi connectivity index (χ0v) is 13.3. The van der Waals surface area contributed by atoms with Crippen molar-refractivity contribution in [3.05, 3.63) is 46.2 Å². The number of ether oxygens (including phenoxy) is 2. The van der Waals surface area contributed by atoms with Crippen LogP contribution in [0, 0.1) is 0 Å². The molecule has 2 aliphatic heterocycles. The van der Waals surface area contributed by atoms with Gasteiger partial charge in [-0.1, -0.05) is 0 Å². The Kier molecular flexibility index (Phi) is 2.42. The molecule has 5 nitrogen and oxygen atoms in total. The average Bonchev–Trinajstić information content (AvgIpc) is 2.73. The summed E-state index contributed by atoms with van der Waals surface area (Å²) >= 11 is 0. The molecule has 1 N–H and O–H groups in total. The van der Waals surface area contributed by atoms with Crippen molar-refractivity contribution >= 4 is 17.3 Å². The van der Waals surface area contributed by atoms with Crippen molar-refractivity contribution in [2.45, 2.75) is 38.9 Å². The normalized spacial score (nSPS) is 26.7. The van der Waals surface area contributed by atoms with E-state index in [1.807, 2.05) is 13.8 Å². The summed E-state index contributed by atoms with van der Waals surface area (Å²) in [7, 11) is 0. The quantitative estimate of drug-likeness (QED) is 0.745. The first-order valence-electron chi connectivity index (χ1n) is 7.43. The highest BCUT2D eigenvalue weighted by molar-refractivity contribution is 6.52. The first kappa shape index (κ1) is 14.2. The molecule has 4 rings (SSSR count). The van der Waals surface area contributed by atoms with E-state index in [9.17, 15) is 14.7 Å². The lowest BCUT2D eigenvalue weighted by Crippen LogP contribution is -2.31. The fourth-order valence-electron chi connectivity index (χ4n) is 3.53. The third-order valence-corrected chi connectivity index (χ3v) is 4.73. The fourth-order valence-corrected chi connectivity index (χ4v) is 3.53. The fraction of sp³-hybridized carbons (Fsp3) is 0.333. The van der Waals surface area contributed by atoms with Gasteiger partial charge in [0.25, 0.3) is 0 Å². The number of fused-ring (bicyclic) bond motifs is 2. The summed E-state index contributed by atoms with van der Waals surface area (Å²) in [5.74, 6) is -0.419. The van der Waals surface area contributed by atoms with Gasteiger partial charge >= 0.3 is 0 Å². The second-order valence-corrected chi connectivity index (χ2v) is 6.84. The van der Waals surface area contributed by atoms with Crippen molar-refractivity contribution in [1.29, 1.82) is 0 Å². The Morgan fingerprint density at radius 1 is 1.09 bits per heavy atom. The van der Waals surface area contributed by atoms with Crippen molar-refractivity contribution in [3.8, 4) is 5.75 Å². The molecule has 0 aromatic heterocycles. The van der Waals surface area contributed by atoms with Crippen LogP contribution in [-0.2, 0) is 20.7 Å². The van der Waals surface area contributed by atoms with Gasteiger partial charge in [-0.3, -0.25) is 9.59 Å². The van der Waals surface area contributed by atoms with Gasteiger partial charge in [0.05, 0.1) is 6.26 Å². The first-order chi connectivity index (χ1) is 10.6. The Balaban J connectivity index is 2.20. The van der Waals surface area contributed by atoms with Crippen LogP contribution < -0.4 is 4.74 Å². The van der Waals surface area contributed by atoms with E-state index in [1.54, 1.807) is 19.9 Å². The molecule has 0 bridgehead atoms. The topological polar surface area (TPSA) is 72.8 Å². The van der Waals surface area contributed by atoms with Crippen LogP contribution in [0.4, 0.5) is 0 Å². The highest BCUT2D eigenvalue weighted by atomic mass is 16.5. The maximum absolute atomic E-state index is 12.7. The highest BCUT2D eigenvalue weighted by Crippen LogP contribution is 2.53. The van der Waals surface area contributed by atoms with Gasteiger partial charge in [0, 0.05) is 27.8 Å². The third kappa shape index (κ3) is 1.60. The minimum Gasteiger partial charge on any atom is -0.482 e. The Hall–Kier alpha value is -2.40. The van der Waals surface area contributed by atoms with Crippen LogP contribution in [0.25, 0.3) is 5.76 Å². The van der Waals surface area contributed by atoms with Crippen LogP contribution in [0.1, 0.15) is 54.7 Å². The van der Waals surface area contributed by atoms with Gasteiger partial charge in [0.1, 0.15) is 22.7 Å². The van der Waals surface area contributed by atoms with E-state index >= 15 is 0 Å². The molecule has 2 heterocycles. The number of hydrogen-bond acceptors (Lipinski definition) is 5. The lowest BCUT2D eigenvalue weighted by molar-refractivity contribution is -0.112. The van der Waals surface area contributed by atoms with Crippen LogP contribution in [0.5, 0.6) is 5.75 Å². The largest absolute Gasteiger partial charge is 0.482 e. The Morgan fingerprint density at radius 2 is 1.78 bits per heavy atom. The number of ketones is 2. The summed E-state index contributed by atoms with van der Waals surface area (Å²) in [5.41, 5.74) is 0.142. The van der Waals surface area contributed by atoms with Gasteiger partial charge in [-0.25, -0.2) is 0 Å². The summed E-state index contributed by atoms with van der Waals surface area (Å²) in [6.07, 6.45) is 2.85. The number of carbonyl (C=O) groups excluding carboxylic acids is 2. The Bertz CT molecular complexity index is 868. The number of aliphatic hydroxyl groups is 1. The maximum atomic E-state index is 12.7. The molecule has 3 aliphatic rings. The van der Waals surface area contributed by atoms with Crippen LogP contribution in [0.3, 0.4) is 0 Å². The van der Waals surface area contributed by atoms with Crippen LogP contribution in [0.2, 0.25) is 0 Å². The highest BCUT2D eigenvalue weighted by Gasteiger charge is 2.48. The molecule has 1 aromatic rings. The lowest BCUT2D eigenvalue weighted by atomic mass is 9.77. The zero-order valence-electron chi connectivity index (χ0n) is 13.3. The van der Waals surface area contributed by atoms with Crippen LogP contribution in [0.15, 0.2) is 24.0 Å². The lowest BCUT2D eigenvalue weighted by Gasteiger charge is -2.30. The molecular formula is C18H16O5. The molecular weight excluding hydrogens is 296 g/mol. The predicted molar refractivity (Wildman–Crippen MR) is 81.8 cm³/mol. The van der Waals surface area contributed by atoms with Crippen molar-refractivity contribution in [2.75, 3.05) is 0 Å². The number of rotatable bonds is 0. The molecule has 0 amide bonds. The standard InChI is InChI=1S/C18H16O5/c1-8-14(19)15(20)12-11-9(17(2,3)23-16(8)11)7-10-13(12)18(4,21)5-6-22-10/h5-7,21H,1-4H3/t18-/m0/s1. The summed E-state index contributed by atoms with van der Waals surface area (Å²) in [6.45, 7) is 6.91. The van der Waals surface area contributed by atoms with E-state index in [0.29, 0.717) is 28.2 Å². The molecule has 0 unspecified atom stereocenters. The summed E-state index contributed by atoms with van der Waals surface area (Å²) in [5, 5.41) is 10.7. The Morgan fingerprint density at radius 3 is 2.48 bits per heavy atom. The van der Waals surface area contributed by atoms with E-state index in [0.717, 1.165) is 5.56 Å².